The summed E-state index contributed by atoms with van der Waals surface area (Å²) in [6, 6.07) is 7.62. The lowest BCUT2D eigenvalue weighted by atomic mass is 10.2. The average Bonchev–Trinajstić information content (AvgIpc) is 2.96. The number of anilines is 4. The third kappa shape index (κ3) is 6.41. The zero-order chi connectivity index (χ0) is 29.7. The van der Waals surface area contributed by atoms with E-state index in [1.54, 1.807) is 12.1 Å². The normalized spacial score (nSPS) is 10.8. The molecule has 0 radical (unpaired) electrons. The summed E-state index contributed by atoms with van der Waals surface area (Å²) in [6.07, 6.45) is 2.63. The predicted molar refractivity (Wildman–Crippen MR) is 154 cm³/mol. The van der Waals surface area contributed by atoms with Crippen LogP contribution in [0.15, 0.2) is 60.0 Å². The molecule has 2 aromatic carbocycles. The molecular formula is C28H29F2N7O4. The van der Waals surface area contributed by atoms with Gasteiger partial charge in [0.2, 0.25) is 11.9 Å². The maximum Gasteiger partial charge on any atom is 0.294 e. The van der Waals surface area contributed by atoms with Crippen molar-refractivity contribution < 1.29 is 23.0 Å². The van der Waals surface area contributed by atoms with Crippen molar-refractivity contribution in [2.45, 2.75) is 0 Å². The monoisotopic (exact) mass is 565 g/mol. The molecule has 0 spiro atoms. The van der Waals surface area contributed by atoms with Crippen LogP contribution in [0.25, 0.3) is 11.0 Å². The first-order chi connectivity index (χ1) is 19.6. The standard InChI is InChI=1S/C28H29F2N7O4/c1-6-25(38)33-19-13-20(23(40-5)14-21(19)36(3)10-9-31-2)34-28-32-15-16-11-24(27(39)37(4)26(16)35-28)41-22-8-7-17(29)12-18(22)30/h6-8,11-15,31H,1,9-10H2,2-5H3,(H,33,38)(H,32,34,35). The number of hydrogen-bond acceptors (Lipinski definition) is 9. The molecule has 1 amide bonds. The van der Waals surface area contributed by atoms with E-state index < -0.39 is 17.2 Å². The lowest BCUT2D eigenvalue weighted by Crippen LogP contribution is -2.28. The van der Waals surface area contributed by atoms with Crippen LogP contribution in [0.2, 0.25) is 0 Å². The van der Waals surface area contributed by atoms with Gasteiger partial charge in [-0.15, -0.1) is 0 Å². The van der Waals surface area contributed by atoms with Crippen molar-refractivity contribution in [1.82, 2.24) is 19.9 Å². The number of likely N-dealkylation sites (N-methyl/N-ethyl adjacent to an activating group) is 2. The average molecular weight is 566 g/mol. The molecule has 0 unspecified atom stereocenters. The van der Waals surface area contributed by atoms with Crippen molar-refractivity contribution in [3.05, 3.63) is 77.2 Å². The largest absolute Gasteiger partial charge is 0.494 e. The Morgan fingerprint density at radius 2 is 1.93 bits per heavy atom. The van der Waals surface area contributed by atoms with Gasteiger partial charge in [-0.05, 0) is 37.4 Å². The number of carbonyl (C=O) groups is 1. The molecule has 0 bridgehead atoms. The molecule has 0 aliphatic carbocycles. The highest BCUT2D eigenvalue weighted by Crippen LogP contribution is 2.38. The van der Waals surface area contributed by atoms with E-state index in [4.69, 9.17) is 9.47 Å². The molecule has 0 aliphatic heterocycles. The SMILES string of the molecule is C=CC(=O)Nc1cc(Nc2ncc3cc(Oc4ccc(F)cc4F)c(=O)n(C)c3n2)c(OC)cc1N(C)CCNC. The number of pyridine rings is 1. The second-order valence-corrected chi connectivity index (χ2v) is 8.94. The summed E-state index contributed by atoms with van der Waals surface area (Å²) < 4.78 is 39.6. The summed E-state index contributed by atoms with van der Waals surface area (Å²) in [5, 5.41) is 9.42. The fourth-order valence-electron chi connectivity index (χ4n) is 3.98. The quantitative estimate of drug-likeness (QED) is 0.232. The van der Waals surface area contributed by atoms with E-state index in [0.29, 0.717) is 47.4 Å². The maximum atomic E-state index is 14.1. The molecule has 11 nitrogen and oxygen atoms in total. The Balaban J connectivity index is 1.70. The predicted octanol–water partition coefficient (Wildman–Crippen LogP) is 3.93. The first-order valence-corrected chi connectivity index (χ1v) is 12.4. The molecule has 4 aromatic rings. The Hall–Kier alpha value is -5.04. The summed E-state index contributed by atoms with van der Waals surface area (Å²) in [5.41, 5.74) is 1.34. The van der Waals surface area contributed by atoms with E-state index >= 15 is 0 Å². The van der Waals surface area contributed by atoms with E-state index in [2.05, 4.69) is 32.5 Å². The van der Waals surface area contributed by atoms with Crippen molar-refractivity contribution >= 4 is 40.0 Å². The second kappa shape index (κ2) is 12.4. The van der Waals surface area contributed by atoms with E-state index in [-0.39, 0.29) is 29.0 Å². The number of aromatic nitrogens is 3. The molecular weight excluding hydrogens is 536 g/mol. The van der Waals surface area contributed by atoms with Crippen LogP contribution in [0.5, 0.6) is 17.2 Å². The summed E-state index contributed by atoms with van der Waals surface area (Å²) in [7, 11) is 6.73. The topological polar surface area (TPSA) is 123 Å². The van der Waals surface area contributed by atoms with Crippen LogP contribution in [0.1, 0.15) is 0 Å². The minimum absolute atomic E-state index is 0.140. The van der Waals surface area contributed by atoms with Gasteiger partial charge in [-0.1, -0.05) is 6.58 Å². The van der Waals surface area contributed by atoms with Crippen LogP contribution in [-0.2, 0) is 11.8 Å². The number of halogens is 2. The van der Waals surface area contributed by atoms with Gasteiger partial charge in [0.1, 0.15) is 17.2 Å². The molecule has 3 N–H and O–H groups in total. The number of nitrogens with zero attached hydrogens (tertiary/aromatic N) is 4. The molecule has 0 saturated heterocycles. The minimum Gasteiger partial charge on any atom is -0.494 e. The number of hydrogen-bond donors (Lipinski definition) is 3. The number of amides is 1. The molecule has 2 heterocycles. The third-order valence-corrected chi connectivity index (χ3v) is 6.15. The van der Waals surface area contributed by atoms with E-state index in [1.165, 1.54) is 37.1 Å². The van der Waals surface area contributed by atoms with Crippen LogP contribution in [0, 0.1) is 11.6 Å². The Labute approximate surface area is 234 Å². The van der Waals surface area contributed by atoms with Gasteiger partial charge in [-0.3, -0.25) is 14.2 Å². The van der Waals surface area contributed by atoms with E-state index in [0.717, 1.165) is 12.1 Å². The number of ether oxygens (including phenoxy) is 2. The highest BCUT2D eigenvalue weighted by atomic mass is 19.1. The molecule has 41 heavy (non-hydrogen) atoms. The van der Waals surface area contributed by atoms with Crippen molar-refractivity contribution in [2.75, 3.05) is 49.8 Å². The fraction of sp³-hybridized carbons (Fsp3) is 0.214. The molecule has 0 fully saturated rings. The highest BCUT2D eigenvalue weighted by molar-refractivity contribution is 6.02. The molecule has 0 aliphatic rings. The van der Waals surface area contributed by atoms with Gasteiger partial charge in [0.15, 0.2) is 17.3 Å². The van der Waals surface area contributed by atoms with Crippen molar-refractivity contribution in [2.24, 2.45) is 7.05 Å². The lowest BCUT2D eigenvalue weighted by molar-refractivity contribution is -0.111. The Kier molecular flexibility index (Phi) is 8.78. The molecule has 13 heteroatoms. The van der Waals surface area contributed by atoms with Crippen molar-refractivity contribution in [3.8, 4) is 17.2 Å². The van der Waals surface area contributed by atoms with Gasteiger partial charge in [0.25, 0.3) is 5.56 Å². The number of nitrogens with one attached hydrogen (secondary N) is 3. The number of methoxy groups -OCH3 is 1. The Morgan fingerprint density at radius 1 is 1.15 bits per heavy atom. The lowest BCUT2D eigenvalue weighted by Gasteiger charge is -2.24. The maximum absolute atomic E-state index is 14.1. The summed E-state index contributed by atoms with van der Waals surface area (Å²) in [4.78, 5) is 35.9. The molecule has 4 rings (SSSR count). The van der Waals surface area contributed by atoms with Crippen LogP contribution < -0.4 is 35.9 Å². The second-order valence-electron chi connectivity index (χ2n) is 8.94. The van der Waals surface area contributed by atoms with Gasteiger partial charge in [0.05, 0.1) is 24.2 Å². The van der Waals surface area contributed by atoms with Gasteiger partial charge in [-0.2, -0.15) is 4.98 Å². The van der Waals surface area contributed by atoms with Crippen LogP contribution in [-0.4, -0.2) is 54.7 Å². The summed E-state index contributed by atoms with van der Waals surface area (Å²) >= 11 is 0. The number of carbonyl (C=O) groups excluding carboxylic acids is 1. The van der Waals surface area contributed by atoms with Crippen LogP contribution in [0.3, 0.4) is 0 Å². The van der Waals surface area contributed by atoms with Crippen molar-refractivity contribution in [3.63, 3.8) is 0 Å². The van der Waals surface area contributed by atoms with Crippen molar-refractivity contribution in [1.29, 1.82) is 0 Å². The molecule has 214 valence electrons. The number of benzene rings is 2. The molecule has 2 aromatic heterocycles. The van der Waals surface area contributed by atoms with Gasteiger partial charge in [-0.25, -0.2) is 13.8 Å². The molecule has 0 saturated carbocycles. The minimum atomic E-state index is -0.945. The first kappa shape index (κ1) is 29.0. The van der Waals surface area contributed by atoms with Gasteiger partial charge in [0, 0.05) is 50.9 Å². The fourth-order valence-corrected chi connectivity index (χ4v) is 3.98. The molecule has 0 atom stereocenters. The first-order valence-electron chi connectivity index (χ1n) is 12.4. The summed E-state index contributed by atoms with van der Waals surface area (Å²) in [5.74, 6) is -1.99. The van der Waals surface area contributed by atoms with E-state index in [1.807, 2.05) is 19.0 Å². The van der Waals surface area contributed by atoms with Crippen LogP contribution in [0.4, 0.5) is 31.8 Å². The Bertz CT molecular complexity index is 1680. The van der Waals surface area contributed by atoms with Gasteiger partial charge >= 0.3 is 0 Å². The van der Waals surface area contributed by atoms with Gasteiger partial charge < -0.3 is 30.3 Å². The number of aryl methyl sites for hydroxylation is 1. The highest BCUT2D eigenvalue weighted by Gasteiger charge is 2.18. The summed E-state index contributed by atoms with van der Waals surface area (Å²) in [6.45, 7) is 4.89. The van der Waals surface area contributed by atoms with Crippen LogP contribution >= 0.6 is 0 Å². The van der Waals surface area contributed by atoms with E-state index in [9.17, 15) is 18.4 Å². The smallest absolute Gasteiger partial charge is 0.294 e. The Morgan fingerprint density at radius 3 is 2.61 bits per heavy atom. The zero-order valence-electron chi connectivity index (χ0n) is 22.9. The number of fused-ring (bicyclic) bond motifs is 1. The zero-order valence-corrected chi connectivity index (χ0v) is 22.9. The third-order valence-electron chi connectivity index (χ3n) is 6.15. The number of rotatable bonds is 11.